The van der Waals surface area contributed by atoms with Crippen molar-refractivity contribution in [1.82, 2.24) is 9.78 Å². The van der Waals surface area contributed by atoms with Gasteiger partial charge in [0.2, 0.25) is 5.79 Å². The molecule has 1 aromatic heterocycles. The molecule has 6 heteroatoms. The Kier molecular flexibility index (Phi) is 5.11. The minimum atomic E-state index is -1.55. The van der Waals surface area contributed by atoms with Crippen LogP contribution in [0.25, 0.3) is 0 Å². The smallest absolute Gasteiger partial charge is 0.223 e. The van der Waals surface area contributed by atoms with Gasteiger partial charge in [-0.15, -0.1) is 0 Å². The standard InChI is InChI=1S/C21H19ClN2O2.H2O/c1-20(25)21(16-9-4-2-5-10-16,17-11-6-3-7-12-17)19(22)18(26-20)15-24-14-8-13-23-24;/h2-14,25H,15H2,1H3;1H2. The Morgan fingerprint density at radius 1 is 1.00 bits per heavy atom. The van der Waals surface area contributed by atoms with Crippen molar-refractivity contribution in [1.29, 1.82) is 0 Å². The second-order valence-electron chi connectivity index (χ2n) is 6.51. The Hall–Kier alpha value is -2.60. The molecule has 1 aliphatic rings. The van der Waals surface area contributed by atoms with Gasteiger partial charge >= 0.3 is 0 Å². The van der Waals surface area contributed by atoms with Crippen molar-refractivity contribution < 1.29 is 15.3 Å². The fourth-order valence-corrected chi connectivity index (χ4v) is 4.24. The lowest BCUT2D eigenvalue weighted by molar-refractivity contribution is -0.176. The zero-order valence-electron chi connectivity index (χ0n) is 14.8. The molecule has 0 saturated heterocycles. The van der Waals surface area contributed by atoms with Crippen molar-refractivity contribution in [2.75, 3.05) is 0 Å². The molecule has 2 heterocycles. The predicted octanol–water partition coefficient (Wildman–Crippen LogP) is 3.23. The third kappa shape index (κ3) is 2.94. The van der Waals surface area contributed by atoms with Gasteiger partial charge in [-0.3, -0.25) is 4.68 Å². The van der Waals surface area contributed by atoms with Gasteiger partial charge in [0.25, 0.3) is 0 Å². The maximum atomic E-state index is 11.4. The summed E-state index contributed by atoms with van der Waals surface area (Å²) in [4.78, 5) is 0. The molecule has 1 atom stereocenters. The van der Waals surface area contributed by atoms with Crippen LogP contribution in [0.1, 0.15) is 18.1 Å². The summed E-state index contributed by atoms with van der Waals surface area (Å²) in [6, 6.07) is 21.3. The fourth-order valence-electron chi connectivity index (χ4n) is 3.75. The van der Waals surface area contributed by atoms with Gasteiger partial charge in [-0.05, 0) is 17.2 Å². The van der Waals surface area contributed by atoms with Gasteiger partial charge in [-0.2, -0.15) is 5.10 Å². The van der Waals surface area contributed by atoms with Crippen LogP contribution >= 0.6 is 11.6 Å². The van der Waals surface area contributed by atoms with Crippen LogP contribution in [0.2, 0.25) is 0 Å². The van der Waals surface area contributed by atoms with E-state index in [0.29, 0.717) is 17.3 Å². The zero-order chi connectivity index (χ0) is 18.2. The number of allylic oxidation sites excluding steroid dienone is 1. The first-order chi connectivity index (χ1) is 12.6. The minimum Gasteiger partial charge on any atom is -0.462 e. The lowest BCUT2D eigenvalue weighted by Gasteiger charge is -2.39. The number of hydrogen-bond acceptors (Lipinski definition) is 3. The molecule has 3 aromatic rings. The van der Waals surface area contributed by atoms with Crippen molar-refractivity contribution in [3.05, 3.63) is 101 Å². The maximum absolute atomic E-state index is 11.4. The van der Waals surface area contributed by atoms with Crippen LogP contribution in [0.4, 0.5) is 0 Å². The van der Waals surface area contributed by atoms with Gasteiger partial charge in [-0.1, -0.05) is 72.3 Å². The highest BCUT2D eigenvalue weighted by Gasteiger charge is 2.60. The molecule has 1 unspecified atom stereocenters. The predicted molar refractivity (Wildman–Crippen MR) is 104 cm³/mol. The SMILES string of the molecule is CC1(O)OC(Cn2cccn2)=C(Cl)C1(c1ccccc1)c1ccccc1.O. The molecule has 0 bridgehead atoms. The molecule has 0 radical (unpaired) electrons. The monoisotopic (exact) mass is 384 g/mol. The van der Waals surface area contributed by atoms with E-state index in [1.165, 1.54) is 0 Å². The summed E-state index contributed by atoms with van der Waals surface area (Å²) in [5.41, 5.74) is 0.730. The van der Waals surface area contributed by atoms with E-state index in [4.69, 9.17) is 16.3 Å². The first-order valence-corrected chi connectivity index (χ1v) is 8.82. The highest BCUT2D eigenvalue weighted by molar-refractivity contribution is 6.32. The second-order valence-corrected chi connectivity index (χ2v) is 6.89. The van der Waals surface area contributed by atoms with Crippen LogP contribution in [-0.2, 0) is 16.7 Å². The molecule has 0 saturated carbocycles. The van der Waals surface area contributed by atoms with Crippen molar-refractivity contribution in [2.24, 2.45) is 0 Å². The third-order valence-corrected chi connectivity index (χ3v) is 5.36. The molecule has 4 rings (SSSR count). The van der Waals surface area contributed by atoms with Crippen molar-refractivity contribution in [2.45, 2.75) is 24.7 Å². The van der Waals surface area contributed by atoms with Crippen LogP contribution in [0, 0.1) is 0 Å². The van der Waals surface area contributed by atoms with Crippen molar-refractivity contribution in [3.63, 3.8) is 0 Å². The first kappa shape index (κ1) is 19.2. The number of nitrogens with zero attached hydrogens (tertiary/aromatic N) is 2. The van der Waals surface area contributed by atoms with Crippen LogP contribution in [-0.4, -0.2) is 26.2 Å². The van der Waals surface area contributed by atoms with Gasteiger partial charge in [0, 0.05) is 19.3 Å². The molecule has 0 aliphatic carbocycles. The van der Waals surface area contributed by atoms with Gasteiger partial charge in [0.15, 0.2) is 0 Å². The van der Waals surface area contributed by atoms with Gasteiger partial charge in [0.1, 0.15) is 11.2 Å². The fraction of sp³-hybridized carbons (Fsp3) is 0.190. The second kappa shape index (κ2) is 7.19. The van der Waals surface area contributed by atoms with Gasteiger partial charge < -0.3 is 15.3 Å². The normalized spacial score (nSPS) is 20.9. The average molecular weight is 385 g/mol. The van der Waals surface area contributed by atoms with E-state index in [9.17, 15) is 5.11 Å². The molecule has 0 spiro atoms. The molecule has 140 valence electrons. The molecule has 3 N–H and O–H groups in total. The molecular formula is C21H21ClN2O3. The summed E-state index contributed by atoms with van der Waals surface area (Å²) in [6.45, 7) is 2.01. The Bertz CT molecular complexity index is 883. The van der Waals surface area contributed by atoms with Gasteiger partial charge in [0.05, 0.1) is 11.6 Å². The van der Waals surface area contributed by atoms with Crippen molar-refractivity contribution >= 4 is 11.6 Å². The molecule has 2 aromatic carbocycles. The number of aliphatic hydroxyl groups is 1. The van der Waals surface area contributed by atoms with Crippen LogP contribution in [0.15, 0.2) is 89.9 Å². The highest BCUT2D eigenvalue weighted by atomic mass is 35.5. The summed E-state index contributed by atoms with van der Waals surface area (Å²) in [5.74, 6) is -1.04. The number of aromatic nitrogens is 2. The summed E-state index contributed by atoms with van der Waals surface area (Å²) in [6.07, 6.45) is 3.53. The molecule has 0 fully saturated rings. The van der Waals surface area contributed by atoms with Crippen LogP contribution in [0.3, 0.4) is 0 Å². The maximum Gasteiger partial charge on any atom is 0.223 e. The van der Waals surface area contributed by atoms with E-state index in [0.717, 1.165) is 11.1 Å². The Morgan fingerprint density at radius 3 is 2.04 bits per heavy atom. The zero-order valence-corrected chi connectivity index (χ0v) is 15.6. The number of rotatable bonds is 4. The van der Waals surface area contributed by atoms with Crippen LogP contribution < -0.4 is 0 Å². The third-order valence-electron chi connectivity index (χ3n) is 4.87. The summed E-state index contributed by atoms with van der Waals surface area (Å²) in [5, 5.41) is 16.1. The lowest BCUT2D eigenvalue weighted by atomic mass is 9.69. The summed E-state index contributed by atoms with van der Waals surface area (Å²) < 4.78 is 7.72. The molecule has 5 nitrogen and oxygen atoms in total. The summed E-state index contributed by atoms with van der Waals surface area (Å²) in [7, 11) is 0. The van der Waals surface area contributed by atoms with E-state index in [1.807, 2.05) is 72.9 Å². The molecule has 1 aliphatic heterocycles. The van der Waals surface area contributed by atoms with Crippen LogP contribution in [0.5, 0.6) is 0 Å². The molecule has 0 amide bonds. The largest absolute Gasteiger partial charge is 0.462 e. The van der Waals surface area contributed by atoms with E-state index in [-0.39, 0.29) is 5.48 Å². The highest BCUT2D eigenvalue weighted by Crippen LogP contribution is 2.55. The van der Waals surface area contributed by atoms with E-state index < -0.39 is 11.2 Å². The Balaban J connectivity index is 0.00000210. The molecule has 27 heavy (non-hydrogen) atoms. The Labute approximate surface area is 162 Å². The van der Waals surface area contributed by atoms with E-state index >= 15 is 0 Å². The topological polar surface area (TPSA) is 78.8 Å². The average Bonchev–Trinajstić information content (AvgIpc) is 3.22. The quantitative estimate of drug-likeness (QED) is 0.750. The Morgan fingerprint density at radius 2 is 1.56 bits per heavy atom. The number of ether oxygens (including phenoxy) is 1. The number of halogens is 1. The number of hydrogen-bond donors (Lipinski definition) is 1. The lowest BCUT2D eigenvalue weighted by Crippen LogP contribution is -2.48. The van der Waals surface area contributed by atoms with E-state index in [2.05, 4.69) is 5.10 Å². The minimum absolute atomic E-state index is 0. The van der Waals surface area contributed by atoms with E-state index in [1.54, 1.807) is 17.8 Å². The first-order valence-electron chi connectivity index (χ1n) is 8.45. The molecular weight excluding hydrogens is 364 g/mol. The van der Waals surface area contributed by atoms with Gasteiger partial charge in [-0.25, -0.2) is 0 Å². The van der Waals surface area contributed by atoms with Crippen molar-refractivity contribution in [3.8, 4) is 0 Å². The summed E-state index contributed by atoms with van der Waals surface area (Å²) >= 11 is 6.93. The number of benzene rings is 2.